The van der Waals surface area contributed by atoms with Gasteiger partial charge >= 0.3 is 29.2 Å². The van der Waals surface area contributed by atoms with Gasteiger partial charge in [0, 0.05) is 17.7 Å². The van der Waals surface area contributed by atoms with Gasteiger partial charge in [0.15, 0.2) is 6.23 Å². The molecule has 3 aromatic carbocycles. The van der Waals surface area contributed by atoms with E-state index in [1.54, 1.807) is 78.9 Å². The van der Waals surface area contributed by atoms with E-state index in [1.165, 1.54) is 18.3 Å². The first-order chi connectivity index (χ1) is 23.1. The standard InChI is InChI=1S/C29H31N2O15P3/c32-25-23(18-43-49(41,42-17-19-10-4-1-5-11-19)46-48(39,40)45-47(36,37)38)44-28(26(25)33)31-16-22(27(34)30-29(31)35)24(20-12-6-2-7-13-20)21-14-8-3-9-15-21/h1-16,23-26,28,32-33H,17-18H2,(H,39,40)(H,30,34,35)(H2,36,37,38)/t23-,25-,26-,28-,49?/m1/s1. The molecule has 0 radical (unpaired) electrons. The highest BCUT2D eigenvalue weighted by Crippen LogP contribution is 2.68. The summed E-state index contributed by atoms with van der Waals surface area (Å²) in [6, 6.07) is 25.8. The predicted molar refractivity (Wildman–Crippen MR) is 170 cm³/mol. The Bertz CT molecular complexity index is 1950. The predicted octanol–water partition coefficient (Wildman–Crippen LogP) is 2.90. The summed E-state index contributed by atoms with van der Waals surface area (Å²) >= 11 is 0. The van der Waals surface area contributed by atoms with Crippen LogP contribution in [0.3, 0.4) is 0 Å². The molecular weight excluding hydrogens is 709 g/mol. The van der Waals surface area contributed by atoms with Gasteiger partial charge in [-0.1, -0.05) is 91.0 Å². The molecule has 0 saturated carbocycles. The lowest BCUT2D eigenvalue weighted by Crippen LogP contribution is -2.39. The Hall–Kier alpha value is -3.37. The zero-order chi connectivity index (χ0) is 35.4. The van der Waals surface area contributed by atoms with Crippen LogP contribution in [0.1, 0.15) is 34.4 Å². The third-order valence-electron chi connectivity index (χ3n) is 7.23. The van der Waals surface area contributed by atoms with Gasteiger partial charge in [-0.2, -0.15) is 8.62 Å². The number of aliphatic hydroxyl groups is 2. The second-order valence-corrected chi connectivity index (χ2v) is 15.3. The number of nitrogens with zero attached hydrogens (tertiary/aromatic N) is 1. The number of hydrogen-bond donors (Lipinski definition) is 6. The van der Waals surface area contributed by atoms with Crippen molar-refractivity contribution in [2.24, 2.45) is 0 Å². The van der Waals surface area contributed by atoms with Crippen LogP contribution in [0.4, 0.5) is 0 Å². The number of aromatic nitrogens is 2. The minimum atomic E-state index is -5.79. The average Bonchev–Trinajstić information content (AvgIpc) is 3.33. The van der Waals surface area contributed by atoms with Crippen LogP contribution < -0.4 is 11.2 Å². The minimum Gasteiger partial charge on any atom is -0.387 e. The smallest absolute Gasteiger partial charge is 0.387 e. The molecule has 0 bridgehead atoms. The highest BCUT2D eigenvalue weighted by Gasteiger charge is 2.48. The van der Waals surface area contributed by atoms with Gasteiger partial charge in [0.2, 0.25) is 0 Å². The summed E-state index contributed by atoms with van der Waals surface area (Å²) in [4.78, 5) is 56.2. The number of ether oxygens (including phenoxy) is 1. The molecule has 1 fully saturated rings. The van der Waals surface area contributed by atoms with E-state index in [9.17, 15) is 38.4 Å². The average molecular weight is 740 g/mol. The van der Waals surface area contributed by atoms with Gasteiger partial charge in [0.25, 0.3) is 5.56 Å². The fourth-order valence-corrected chi connectivity index (χ4v) is 8.65. The molecule has 0 spiro atoms. The number of aliphatic hydroxyl groups excluding tert-OH is 2. The molecule has 6 N–H and O–H groups in total. The van der Waals surface area contributed by atoms with E-state index in [2.05, 4.69) is 13.6 Å². The lowest BCUT2D eigenvalue weighted by Gasteiger charge is -2.23. The molecule has 2 heterocycles. The monoisotopic (exact) mass is 740 g/mol. The Morgan fingerprint density at radius 2 is 1.33 bits per heavy atom. The lowest BCUT2D eigenvalue weighted by atomic mass is 9.86. The van der Waals surface area contributed by atoms with Crippen LogP contribution in [-0.4, -0.2) is 59.4 Å². The topological polar surface area (TPSA) is 253 Å². The summed E-state index contributed by atoms with van der Waals surface area (Å²) < 4.78 is 61.8. The van der Waals surface area contributed by atoms with Crippen molar-refractivity contribution in [3.63, 3.8) is 0 Å². The lowest BCUT2D eigenvalue weighted by molar-refractivity contribution is -0.0554. The van der Waals surface area contributed by atoms with E-state index in [1.807, 2.05) is 0 Å². The molecule has 2 unspecified atom stereocenters. The molecule has 0 amide bonds. The van der Waals surface area contributed by atoms with Gasteiger partial charge in [-0.25, -0.2) is 18.5 Å². The van der Waals surface area contributed by atoms with Crippen molar-refractivity contribution < 1.29 is 61.0 Å². The Kier molecular flexibility index (Phi) is 11.5. The van der Waals surface area contributed by atoms with Crippen LogP contribution in [0.2, 0.25) is 0 Å². The molecule has 0 aliphatic carbocycles. The van der Waals surface area contributed by atoms with Crippen LogP contribution in [-0.2, 0) is 42.7 Å². The van der Waals surface area contributed by atoms with Gasteiger partial charge in [0.1, 0.15) is 18.3 Å². The Labute approximate surface area is 277 Å². The molecule has 4 aromatic rings. The summed E-state index contributed by atoms with van der Waals surface area (Å²) in [5.41, 5.74) is 0.174. The summed E-state index contributed by atoms with van der Waals surface area (Å²) in [7, 11) is -16.7. The van der Waals surface area contributed by atoms with Crippen molar-refractivity contribution >= 4 is 23.5 Å². The molecule has 6 atom stereocenters. The van der Waals surface area contributed by atoms with E-state index in [0.29, 0.717) is 16.7 Å². The molecule has 17 nitrogen and oxygen atoms in total. The Balaban J connectivity index is 1.41. The van der Waals surface area contributed by atoms with Crippen LogP contribution in [0.5, 0.6) is 0 Å². The van der Waals surface area contributed by atoms with Gasteiger partial charge in [-0.15, -0.1) is 0 Å². The van der Waals surface area contributed by atoms with Crippen molar-refractivity contribution in [3.05, 3.63) is 140 Å². The first kappa shape index (κ1) is 36.9. The van der Waals surface area contributed by atoms with Crippen LogP contribution in [0, 0.1) is 0 Å². The maximum absolute atomic E-state index is 13.4. The second-order valence-electron chi connectivity index (χ2n) is 10.7. The van der Waals surface area contributed by atoms with Gasteiger partial charge < -0.3 is 29.6 Å². The molecule has 20 heteroatoms. The zero-order valence-corrected chi connectivity index (χ0v) is 27.8. The van der Waals surface area contributed by atoms with Crippen LogP contribution in [0.15, 0.2) is 107 Å². The Morgan fingerprint density at radius 3 is 1.88 bits per heavy atom. The molecule has 1 aliphatic rings. The summed E-state index contributed by atoms with van der Waals surface area (Å²) in [5.74, 6) is -0.671. The van der Waals surface area contributed by atoms with Gasteiger partial charge in [0.05, 0.1) is 13.2 Å². The van der Waals surface area contributed by atoms with Gasteiger partial charge in [-0.3, -0.25) is 23.4 Å². The number of aromatic amines is 1. The quantitative estimate of drug-likeness (QED) is 0.102. The van der Waals surface area contributed by atoms with Crippen molar-refractivity contribution in [2.75, 3.05) is 6.61 Å². The number of nitrogens with one attached hydrogen (secondary N) is 1. The summed E-state index contributed by atoms with van der Waals surface area (Å²) in [5, 5.41) is 21.7. The summed E-state index contributed by atoms with van der Waals surface area (Å²) in [6.45, 7) is -1.52. The Morgan fingerprint density at radius 1 is 0.776 bits per heavy atom. The first-order valence-corrected chi connectivity index (χ1v) is 18.8. The minimum absolute atomic E-state index is 0.0953. The SMILES string of the molecule is O=c1[nH]c(=O)n([C@@H]2O[C@H](COP(=O)(OCc3ccccc3)OP(=O)(O)OP(=O)(O)O)[C@@H](O)[C@H]2O)cc1C(c1ccccc1)c1ccccc1. The number of phosphoric acid groups is 3. The molecule has 49 heavy (non-hydrogen) atoms. The van der Waals surface area contributed by atoms with E-state index in [0.717, 1.165) is 4.57 Å². The first-order valence-electron chi connectivity index (χ1n) is 14.4. The number of hydrogen-bond acceptors (Lipinski definition) is 12. The molecule has 5 rings (SSSR count). The molecular formula is C29H31N2O15P3. The number of H-pyrrole nitrogens is 1. The maximum Gasteiger partial charge on any atom is 0.490 e. The maximum atomic E-state index is 13.4. The van der Waals surface area contributed by atoms with E-state index in [-0.39, 0.29) is 5.56 Å². The van der Waals surface area contributed by atoms with Crippen molar-refractivity contribution in [3.8, 4) is 0 Å². The van der Waals surface area contributed by atoms with E-state index >= 15 is 0 Å². The third-order valence-corrected chi connectivity index (χ3v) is 11.4. The van der Waals surface area contributed by atoms with Gasteiger partial charge in [-0.05, 0) is 16.7 Å². The number of benzene rings is 3. The molecule has 1 aliphatic heterocycles. The normalized spacial score (nSPS) is 22.1. The fraction of sp³-hybridized carbons (Fsp3) is 0.241. The van der Waals surface area contributed by atoms with Crippen molar-refractivity contribution in [1.29, 1.82) is 0 Å². The molecule has 262 valence electrons. The van der Waals surface area contributed by atoms with Crippen molar-refractivity contribution in [2.45, 2.75) is 37.1 Å². The number of rotatable bonds is 14. The zero-order valence-electron chi connectivity index (χ0n) is 25.1. The van der Waals surface area contributed by atoms with E-state index in [4.69, 9.17) is 23.6 Å². The van der Waals surface area contributed by atoms with E-state index < -0.39 is 78.4 Å². The third kappa shape index (κ3) is 9.45. The largest absolute Gasteiger partial charge is 0.490 e. The van der Waals surface area contributed by atoms with Crippen molar-refractivity contribution in [1.82, 2.24) is 9.55 Å². The van der Waals surface area contributed by atoms with Crippen LogP contribution in [0.25, 0.3) is 0 Å². The number of phosphoric ester groups is 1. The molecule has 1 aromatic heterocycles. The second kappa shape index (κ2) is 15.3. The highest BCUT2D eigenvalue weighted by atomic mass is 31.3. The molecule has 1 saturated heterocycles. The van der Waals surface area contributed by atoms with Crippen LogP contribution >= 0.6 is 23.5 Å². The highest BCUT2D eigenvalue weighted by molar-refractivity contribution is 7.66. The fourth-order valence-electron chi connectivity index (χ4n) is 5.09. The summed E-state index contributed by atoms with van der Waals surface area (Å²) in [6.07, 6.45) is -5.70.